The number of amides is 1. The third kappa shape index (κ3) is 4.74. The minimum atomic E-state index is -2.78. The lowest BCUT2D eigenvalue weighted by Gasteiger charge is -2.20. The van der Waals surface area contributed by atoms with Crippen LogP contribution >= 0.6 is 0 Å². The highest BCUT2D eigenvalue weighted by atomic mass is 19.3. The molecule has 1 N–H and O–H groups in total. The smallest absolute Gasteiger partial charge is 0.407 e. The van der Waals surface area contributed by atoms with E-state index in [2.05, 4.69) is 5.32 Å². The molecule has 1 aliphatic rings. The summed E-state index contributed by atoms with van der Waals surface area (Å²) in [5.74, 6) is -2.78. The van der Waals surface area contributed by atoms with Gasteiger partial charge in [-0.1, -0.05) is 0 Å². The van der Waals surface area contributed by atoms with E-state index in [0.717, 1.165) is 0 Å². The molecule has 1 atom stereocenters. The molecule has 0 bridgehead atoms. The monoisotopic (exact) mass is 237 g/mol. The van der Waals surface area contributed by atoms with Crippen molar-refractivity contribution in [1.29, 1.82) is 0 Å². The van der Waals surface area contributed by atoms with Gasteiger partial charge < -0.3 is 14.8 Å². The number of ether oxygens (including phenoxy) is 2. The Morgan fingerprint density at radius 2 is 2.19 bits per heavy atom. The van der Waals surface area contributed by atoms with E-state index in [0.29, 0.717) is 0 Å². The lowest BCUT2D eigenvalue weighted by Crippen LogP contribution is -2.36. The molecule has 0 radical (unpaired) electrons. The van der Waals surface area contributed by atoms with Crippen molar-refractivity contribution in [2.24, 2.45) is 0 Å². The van der Waals surface area contributed by atoms with Crippen molar-refractivity contribution in [3.63, 3.8) is 0 Å². The summed E-state index contributed by atoms with van der Waals surface area (Å²) in [6, 6.07) is 0. The van der Waals surface area contributed by atoms with Crippen LogP contribution in [0, 0.1) is 0 Å². The summed E-state index contributed by atoms with van der Waals surface area (Å²) >= 11 is 0. The second-order valence-corrected chi connectivity index (χ2v) is 4.88. The van der Waals surface area contributed by atoms with Crippen LogP contribution in [0.25, 0.3) is 0 Å². The molecule has 1 unspecified atom stereocenters. The summed E-state index contributed by atoms with van der Waals surface area (Å²) in [5, 5.41) is 2.40. The first kappa shape index (κ1) is 13.2. The first-order valence-corrected chi connectivity index (χ1v) is 5.14. The number of alkyl halides is 2. The van der Waals surface area contributed by atoms with Crippen LogP contribution in [0.2, 0.25) is 0 Å². The molecule has 1 heterocycles. The van der Waals surface area contributed by atoms with Gasteiger partial charge in [-0.05, 0) is 20.8 Å². The molecule has 1 fully saturated rings. The van der Waals surface area contributed by atoms with Gasteiger partial charge in [0, 0.05) is 13.0 Å². The maximum atomic E-state index is 12.7. The Kier molecular flexibility index (Phi) is 3.72. The third-order valence-electron chi connectivity index (χ3n) is 1.93. The van der Waals surface area contributed by atoms with E-state index in [-0.39, 0.29) is 13.0 Å². The molecule has 0 aromatic rings. The van der Waals surface area contributed by atoms with Crippen LogP contribution in [0.4, 0.5) is 13.6 Å². The fraction of sp³-hybridized carbons (Fsp3) is 0.900. The molecule has 0 aromatic heterocycles. The van der Waals surface area contributed by atoms with E-state index >= 15 is 0 Å². The normalized spacial score (nSPS) is 24.2. The van der Waals surface area contributed by atoms with Crippen LogP contribution in [0.1, 0.15) is 27.2 Å². The Morgan fingerprint density at radius 1 is 1.56 bits per heavy atom. The van der Waals surface area contributed by atoms with Gasteiger partial charge in [-0.25, -0.2) is 13.6 Å². The number of hydrogen-bond donors (Lipinski definition) is 1. The van der Waals surface area contributed by atoms with E-state index in [1.165, 1.54) is 0 Å². The van der Waals surface area contributed by atoms with Crippen LogP contribution in [0.15, 0.2) is 0 Å². The summed E-state index contributed by atoms with van der Waals surface area (Å²) in [6.45, 7) is 4.66. The third-order valence-corrected chi connectivity index (χ3v) is 1.93. The fourth-order valence-electron chi connectivity index (χ4n) is 1.33. The van der Waals surface area contributed by atoms with Gasteiger partial charge in [0.2, 0.25) is 0 Å². The van der Waals surface area contributed by atoms with Crippen molar-refractivity contribution in [3.8, 4) is 0 Å². The van der Waals surface area contributed by atoms with Gasteiger partial charge in [0.1, 0.15) is 12.2 Å². The zero-order valence-electron chi connectivity index (χ0n) is 9.68. The van der Waals surface area contributed by atoms with E-state index in [1.807, 2.05) is 0 Å². The number of rotatable bonds is 2. The molecule has 16 heavy (non-hydrogen) atoms. The molecule has 94 valence electrons. The molecule has 0 spiro atoms. The lowest BCUT2D eigenvalue weighted by atomic mass is 10.2. The molecule has 4 nitrogen and oxygen atoms in total. The summed E-state index contributed by atoms with van der Waals surface area (Å²) in [4.78, 5) is 11.2. The summed E-state index contributed by atoms with van der Waals surface area (Å²) in [5.41, 5.74) is -0.593. The highest BCUT2D eigenvalue weighted by Crippen LogP contribution is 2.28. The summed E-state index contributed by atoms with van der Waals surface area (Å²) in [7, 11) is 0. The average molecular weight is 237 g/mol. The van der Waals surface area contributed by atoms with E-state index in [4.69, 9.17) is 9.47 Å². The molecule has 1 aliphatic heterocycles. The standard InChI is InChI=1S/C10H17F2NO3/c1-9(2,3)16-8(14)13-5-7-4-10(11,12)6-15-7/h7H,4-6H2,1-3H3,(H,13,14). The number of carbonyl (C=O) groups excluding carboxylic acids is 1. The Balaban J connectivity index is 2.23. The maximum absolute atomic E-state index is 12.7. The van der Waals surface area contributed by atoms with Crippen LogP contribution in [-0.4, -0.2) is 36.9 Å². The van der Waals surface area contributed by atoms with Crippen molar-refractivity contribution in [2.45, 2.75) is 44.8 Å². The van der Waals surface area contributed by atoms with E-state index in [1.54, 1.807) is 20.8 Å². The van der Waals surface area contributed by atoms with Crippen molar-refractivity contribution in [3.05, 3.63) is 0 Å². The van der Waals surface area contributed by atoms with Gasteiger partial charge in [0.15, 0.2) is 0 Å². The zero-order chi connectivity index (χ0) is 12.4. The minimum absolute atomic E-state index is 0.0461. The van der Waals surface area contributed by atoms with Gasteiger partial charge >= 0.3 is 6.09 Å². The molecule has 0 saturated carbocycles. The predicted octanol–water partition coefficient (Wildman–Crippen LogP) is 1.94. The second-order valence-electron chi connectivity index (χ2n) is 4.88. The molecule has 0 aromatic carbocycles. The number of halogens is 2. The van der Waals surface area contributed by atoms with Gasteiger partial charge in [-0.15, -0.1) is 0 Å². The number of carbonyl (C=O) groups is 1. The largest absolute Gasteiger partial charge is 0.444 e. The summed E-state index contributed by atoms with van der Waals surface area (Å²) in [6.07, 6.45) is -1.61. The molecular weight excluding hydrogens is 220 g/mol. The highest BCUT2D eigenvalue weighted by Gasteiger charge is 2.40. The highest BCUT2D eigenvalue weighted by molar-refractivity contribution is 5.67. The molecule has 1 rings (SSSR count). The fourth-order valence-corrected chi connectivity index (χ4v) is 1.33. The van der Waals surface area contributed by atoms with Gasteiger partial charge in [0.25, 0.3) is 5.92 Å². The Labute approximate surface area is 93.3 Å². The predicted molar refractivity (Wildman–Crippen MR) is 53.5 cm³/mol. The van der Waals surface area contributed by atoms with E-state index < -0.39 is 30.3 Å². The number of alkyl carbamates (subject to hydrolysis) is 1. The van der Waals surface area contributed by atoms with Gasteiger partial charge in [-0.2, -0.15) is 0 Å². The maximum Gasteiger partial charge on any atom is 0.407 e. The van der Waals surface area contributed by atoms with Crippen LogP contribution in [0.5, 0.6) is 0 Å². The topological polar surface area (TPSA) is 47.6 Å². The lowest BCUT2D eigenvalue weighted by molar-refractivity contribution is -0.0100. The van der Waals surface area contributed by atoms with Crippen LogP contribution in [-0.2, 0) is 9.47 Å². The Morgan fingerprint density at radius 3 is 2.62 bits per heavy atom. The second kappa shape index (κ2) is 4.53. The van der Waals surface area contributed by atoms with Crippen molar-refractivity contribution >= 4 is 6.09 Å². The summed E-state index contributed by atoms with van der Waals surface area (Å²) < 4.78 is 35.2. The SMILES string of the molecule is CC(C)(C)OC(=O)NCC1CC(F)(F)CO1. The van der Waals surface area contributed by atoms with Crippen molar-refractivity contribution in [2.75, 3.05) is 13.2 Å². The Bertz CT molecular complexity index is 263. The molecule has 0 aliphatic carbocycles. The molecule has 1 amide bonds. The van der Waals surface area contributed by atoms with Gasteiger partial charge in [-0.3, -0.25) is 0 Å². The number of nitrogens with one attached hydrogen (secondary N) is 1. The first-order valence-electron chi connectivity index (χ1n) is 5.14. The quantitative estimate of drug-likeness (QED) is 0.798. The average Bonchev–Trinajstić information content (AvgIpc) is 2.39. The van der Waals surface area contributed by atoms with Gasteiger partial charge in [0.05, 0.1) is 6.10 Å². The molecule has 1 saturated heterocycles. The van der Waals surface area contributed by atoms with E-state index in [9.17, 15) is 13.6 Å². The zero-order valence-corrected chi connectivity index (χ0v) is 9.68. The number of hydrogen-bond acceptors (Lipinski definition) is 3. The van der Waals surface area contributed by atoms with Crippen molar-refractivity contribution < 1.29 is 23.0 Å². The van der Waals surface area contributed by atoms with Crippen molar-refractivity contribution in [1.82, 2.24) is 5.32 Å². The van der Waals surface area contributed by atoms with Crippen LogP contribution < -0.4 is 5.32 Å². The molecular formula is C10H17F2NO3. The first-order chi connectivity index (χ1) is 7.18. The minimum Gasteiger partial charge on any atom is -0.444 e. The molecule has 6 heteroatoms. The Hall–Kier alpha value is -0.910. The van der Waals surface area contributed by atoms with Crippen LogP contribution in [0.3, 0.4) is 0 Å².